The zero-order valence-corrected chi connectivity index (χ0v) is 24.9. The lowest BCUT2D eigenvalue weighted by Crippen LogP contribution is -2.19. The number of aryl methyl sites for hydroxylation is 2. The van der Waals surface area contributed by atoms with Gasteiger partial charge in [-0.05, 0) is 67.6 Å². The number of ether oxygens (including phenoxy) is 1. The monoisotopic (exact) mass is 528 g/mol. The highest BCUT2D eigenvalue weighted by molar-refractivity contribution is 5.85. The second kappa shape index (κ2) is 12.4. The summed E-state index contributed by atoms with van der Waals surface area (Å²) in [5.41, 5.74) is 3.32. The van der Waals surface area contributed by atoms with E-state index in [-0.39, 0.29) is 23.2 Å². The van der Waals surface area contributed by atoms with Crippen LogP contribution in [0.25, 0.3) is 11.5 Å². The number of hydrogen-bond acceptors (Lipinski definition) is 5. The van der Waals surface area contributed by atoms with E-state index in [9.17, 15) is 5.11 Å². The van der Waals surface area contributed by atoms with Crippen LogP contribution in [0, 0.1) is 0 Å². The Kier molecular flexibility index (Phi) is 10.3. The molecule has 0 unspecified atom stereocenters. The zero-order chi connectivity index (χ0) is 26.7. The highest BCUT2D eigenvalue weighted by Gasteiger charge is 2.28. The molecule has 0 aliphatic carbocycles. The van der Waals surface area contributed by atoms with Gasteiger partial charge in [0.25, 0.3) is 5.88 Å². The Morgan fingerprint density at radius 3 is 2.11 bits per heavy atom. The second-order valence-electron chi connectivity index (χ2n) is 11.7. The Labute approximate surface area is 229 Å². The van der Waals surface area contributed by atoms with Crippen LogP contribution in [0.15, 0.2) is 40.8 Å². The van der Waals surface area contributed by atoms with Crippen molar-refractivity contribution in [3.05, 3.63) is 58.8 Å². The van der Waals surface area contributed by atoms with Gasteiger partial charge in [0, 0.05) is 23.1 Å². The number of aromatic hydroxyl groups is 1. The Balaban J connectivity index is 0.00000481. The average molecular weight is 529 g/mol. The van der Waals surface area contributed by atoms with Crippen LogP contribution < -0.4 is 4.74 Å². The van der Waals surface area contributed by atoms with Crippen molar-refractivity contribution in [2.24, 2.45) is 0 Å². The van der Waals surface area contributed by atoms with E-state index in [0.29, 0.717) is 29.7 Å². The molecule has 0 atom stereocenters. The Bertz CT molecular complexity index is 1140. The summed E-state index contributed by atoms with van der Waals surface area (Å²) < 4.78 is 12.6. The predicted octanol–water partition coefficient (Wildman–Crippen LogP) is 8.30. The lowest BCUT2D eigenvalue weighted by molar-refractivity contribution is 0.346. The van der Waals surface area contributed by atoms with Crippen molar-refractivity contribution >= 4 is 12.4 Å². The fourth-order valence-electron chi connectivity index (χ4n) is 4.28. The Morgan fingerprint density at radius 2 is 1.57 bits per heavy atom. The van der Waals surface area contributed by atoms with E-state index in [1.54, 1.807) is 0 Å². The van der Waals surface area contributed by atoms with Crippen LogP contribution in [0.5, 0.6) is 17.4 Å². The molecule has 0 saturated heterocycles. The smallest absolute Gasteiger partial charge is 0.262 e. The van der Waals surface area contributed by atoms with E-state index in [1.165, 1.54) is 5.56 Å². The van der Waals surface area contributed by atoms with E-state index in [4.69, 9.17) is 14.1 Å². The molecule has 1 heterocycles. The average Bonchev–Trinajstić information content (AvgIpc) is 3.21. The summed E-state index contributed by atoms with van der Waals surface area (Å²) in [7, 11) is 2.15. The molecule has 0 bridgehead atoms. The first kappa shape index (κ1) is 30.7. The minimum atomic E-state index is -0.232. The molecule has 6 heteroatoms. The van der Waals surface area contributed by atoms with Gasteiger partial charge in [-0.15, -0.1) is 12.4 Å². The molecule has 0 radical (unpaired) electrons. The summed E-state index contributed by atoms with van der Waals surface area (Å²) in [5.74, 6) is 2.91. The number of oxazole rings is 1. The number of phenols is 1. The van der Waals surface area contributed by atoms with Crippen molar-refractivity contribution in [1.82, 2.24) is 9.88 Å². The molecule has 5 nitrogen and oxygen atoms in total. The fraction of sp³-hybridized carbons (Fsp3) is 0.516. The molecule has 204 valence electrons. The predicted molar refractivity (Wildman–Crippen MR) is 156 cm³/mol. The quantitative estimate of drug-likeness (QED) is 0.302. The van der Waals surface area contributed by atoms with Crippen LogP contribution in [0.1, 0.15) is 84.3 Å². The number of nitrogens with zero attached hydrogens (tertiary/aromatic N) is 2. The van der Waals surface area contributed by atoms with E-state index < -0.39 is 0 Å². The largest absolute Gasteiger partial charge is 0.507 e. The molecule has 1 aromatic heterocycles. The maximum Gasteiger partial charge on any atom is 0.262 e. The van der Waals surface area contributed by atoms with Crippen molar-refractivity contribution in [3.63, 3.8) is 0 Å². The molecule has 0 spiro atoms. The molecule has 3 rings (SSSR count). The summed E-state index contributed by atoms with van der Waals surface area (Å²) >= 11 is 0. The summed E-state index contributed by atoms with van der Waals surface area (Å²) in [6.07, 6.45) is 2.67. The van der Waals surface area contributed by atoms with Gasteiger partial charge in [0.2, 0.25) is 5.89 Å². The number of aromatic nitrogens is 1. The number of para-hydroxylation sites is 1. The van der Waals surface area contributed by atoms with Crippen LogP contribution in [0.4, 0.5) is 0 Å². The van der Waals surface area contributed by atoms with Gasteiger partial charge in [0.05, 0.1) is 0 Å². The molecular formula is C31H45ClN2O3. The summed E-state index contributed by atoms with van der Waals surface area (Å²) in [6.45, 7) is 18.9. The minimum absolute atomic E-state index is 0. The number of hydrogen-bond donors (Lipinski definition) is 1. The first-order chi connectivity index (χ1) is 16.8. The Morgan fingerprint density at radius 1 is 0.973 bits per heavy atom. The number of phenolic OH excluding ortho intramolecular Hbond substituents is 1. The topological polar surface area (TPSA) is 58.7 Å². The molecule has 2 aromatic carbocycles. The van der Waals surface area contributed by atoms with Gasteiger partial charge in [-0.1, -0.05) is 73.6 Å². The van der Waals surface area contributed by atoms with Crippen molar-refractivity contribution in [2.45, 2.75) is 85.5 Å². The SMILES string of the molecule is CCc1oc(-c2cc(C(C)(C)C)c(O)c(C(C)(C)C)c2)nc1Oc1ccccc1CCCN(C)CC.Cl. The maximum atomic E-state index is 11.1. The van der Waals surface area contributed by atoms with Crippen LogP contribution in [0.2, 0.25) is 0 Å². The van der Waals surface area contributed by atoms with Gasteiger partial charge in [-0.2, -0.15) is 4.98 Å². The lowest BCUT2D eigenvalue weighted by Gasteiger charge is -2.27. The first-order valence-electron chi connectivity index (χ1n) is 13.2. The molecule has 1 N–H and O–H groups in total. The van der Waals surface area contributed by atoms with Crippen LogP contribution >= 0.6 is 12.4 Å². The molecule has 37 heavy (non-hydrogen) atoms. The van der Waals surface area contributed by atoms with Gasteiger partial charge in [-0.25, -0.2) is 0 Å². The molecule has 0 fully saturated rings. The maximum absolute atomic E-state index is 11.1. The normalized spacial score (nSPS) is 12.1. The summed E-state index contributed by atoms with van der Waals surface area (Å²) in [4.78, 5) is 7.12. The van der Waals surface area contributed by atoms with E-state index >= 15 is 0 Å². The second-order valence-corrected chi connectivity index (χ2v) is 11.7. The van der Waals surface area contributed by atoms with Crippen LogP contribution in [-0.4, -0.2) is 35.1 Å². The number of benzene rings is 2. The third kappa shape index (κ3) is 7.52. The van der Waals surface area contributed by atoms with Gasteiger partial charge < -0.3 is 19.2 Å². The van der Waals surface area contributed by atoms with Crippen LogP contribution in [-0.2, 0) is 23.7 Å². The summed E-state index contributed by atoms with van der Waals surface area (Å²) in [5, 5.41) is 11.1. The van der Waals surface area contributed by atoms with Gasteiger partial charge in [-0.3, -0.25) is 0 Å². The van der Waals surface area contributed by atoms with E-state index in [0.717, 1.165) is 48.4 Å². The van der Waals surface area contributed by atoms with Crippen molar-refractivity contribution in [3.8, 4) is 28.8 Å². The fourth-order valence-corrected chi connectivity index (χ4v) is 4.28. The highest BCUT2D eigenvalue weighted by Crippen LogP contribution is 2.42. The van der Waals surface area contributed by atoms with Gasteiger partial charge in [0.1, 0.15) is 11.5 Å². The third-order valence-corrected chi connectivity index (χ3v) is 6.66. The van der Waals surface area contributed by atoms with E-state index in [2.05, 4.69) is 72.5 Å². The molecule has 0 amide bonds. The third-order valence-electron chi connectivity index (χ3n) is 6.66. The highest BCUT2D eigenvalue weighted by atomic mass is 35.5. The minimum Gasteiger partial charge on any atom is -0.507 e. The molecule has 0 aliphatic rings. The molecule has 0 saturated carbocycles. The van der Waals surface area contributed by atoms with Gasteiger partial charge >= 0.3 is 0 Å². The van der Waals surface area contributed by atoms with Crippen LogP contribution in [0.3, 0.4) is 0 Å². The standard InChI is InChI=1S/C31H44N2O3.ClH/c1-10-25-29(36-26-17-13-12-15-21(26)16-14-18-33(9)11-2)32-28(35-25)22-19-23(30(3,4)5)27(34)24(20-22)31(6,7)8;/h12-13,15,17,19-20,34H,10-11,14,16,18H2,1-9H3;1H. The zero-order valence-electron chi connectivity index (χ0n) is 24.1. The molecular weight excluding hydrogens is 484 g/mol. The molecule has 0 aliphatic heterocycles. The number of halogens is 1. The van der Waals surface area contributed by atoms with Gasteiger partial charge in [0.15, 0.2) is 5.76 Å². The lowest BCUT2D eigenvalue weighted by atomic mass is 9.78. The first-order valence-corrected chi connectivity index (χ1v) is 13.2. The Hall–Kier alpha value is -2.50. The van der Waals surface area contributed by atoms with Crippen molar-refractivity contribution in [1.29, 1.82) is 0 Å². The summed E-state index contributed by atoms with van der Waals surface area (Å²) in [6, 6.07) is 12.2. The van der Waals surface area contributed by atoms with Crippen molar-refractivity contribution < 1.29 is 14.3 Å². The molecule has 3 aromatic rings. The number of rotatable bonds is 9. The van der Waals surface area contributed by atoms with E-state index in [1.807, 2.05) is 31.2 Å². The van der Waals surface area contributed by atoms with Crippen molar-refractivity contribution in [2.75, 3.05) is 20.1 Å².